The SMILES string of the molecule is CN(CCN1CCNCC1)Cc1csc2ccccc12.Cl.Cl. The third kappa shape index (κ3) is 5.08. The zero-order chi connectivity index (χ0) is 13.8. The molecule has 1 N–H and O–H groups in total. The second-order valence-corrected chi connectivity index (χ2v) is 6.50. The van der Waals surface area contributed by atoms with Crippen molar-refractivity contribution in [2.45, 2.75) is 6.54 Å². The fraction of sp³-hybridized carbons (Fsp3) is 0.500. The molecule has 0 amide bonds. The first-order chi connectivity index (χ1) is 9.83. The van der Waals surface area contributed by atoms with Crippen molar-refractivity contribution in [3.8, 4) is 0 Å². The average Bonchev–Trinajstić information content (AvgIpc) is 2.90. The van der Waals surface area contributed by atoms with Crippen LogP contribution >= 0.6 is 36.2 Å². The molecule has 0 spiro atoms. The van der Waals surface area contributed by atoms with E-state index in [9.17, 15) is 0 Å². The molecule has 1 aromatic carbocycles. The van der Waals surface area contributed by atoms with Crippen LogP contribution in [0.1, 0.15) is 5.56 Å². The number of hydrogen-bond acceptors (Lipinski definition) is 4. The molecule has 0 aliphatic carbocycles. The molecule has 3 rings (SSSR count). The van der Waals surface area contributed by atoms with Crippen molar-refractivity contribution in [3.63, 3.8) is 0 Å². The number of rotatable bonds is 5. The van der Waals surface area contributed by atoms with Crippen LogP contribution < -0.4 is 5.32 Å². The normalized spacial score (nSPS) is 15.5. The van der Waals surface area contributed by atoms with E-state index >= 15 is 0 Å². The first-order valence-corrected chi connectivity index (χ1v) is 8.27. The molecule has 1 aliphatic rings. The summed E-state index contributed by atoms with van der Waals surface area (Å²) in [6.07, 6.45) is 0. The average molecular weight is 362 g/mol. The Bertz CT molecular complexity index is 555. The van der Waals surface area contributed by atoms with Gasteiger partial charge in [-0.2, -0.15) is 0 Å². The summed E-state index contributed by atoms with van der Waals surface area (Å²) in [4.78, 5) is 5.00. The third-order valence-corrected chi connectivity index (χ3v) is 5.02. The summed E-state index contributed by atoms with van der Waals surface area (Å²) in [5.74, 6) is 0. The second kappa shape index (κ2) is 9.71. The number of thiophene rings is 1. The molecular weight excluding hydrogens is 337 g/mol. The quantitative estimate of drug-likeness (QED) is 0.882. The Kier molecular flexibility index (Phi) is 8.69. The Morgan fingerprint density at radius 3 is 2.68 bits per heavy atom. The lowest BCUT2D eigenvalue weighted by atomic mass is 10.2. The molecule has 1 fully saturated rings. The van der Waals surface area contributed by atoms with Gasteiger partial charge in [0.05, 0.1) is 0 Å². The van der Waals surface area contributed by atoms with Crippen LogP contribution in [-0.4, -0.2) is 56.1 Å². The Morgan fingerprint density at radius 1 is 1.18 bits per heavy atom. The van der Waals surface area contributed by atoms with Crippen LogP contribution in [0.3, 0.4) is 0 Å². The zero-order valence-electron chi connectivity index (χ0n) is 13.0. The molecule has 1 aliphatic heterocycles. The molecular formula is C16H25Cl2N3S. The highest BCUT2D eigenvalue weighted by atomic mass is 35.5. The molecule has 124 valence electrons. The molecule has 1 saturated heterocycles. The van der Waals surface area contributed by atoms with Crippen LogP contribution in [0.15, 0.2) is 29.6 Å². The van der Waals surface area contributed by atoms with E-state index in [0.29, 0.717) is 0 Å². The number of hydrogen-bond donors (Lipinski definition) is 1. The maximum Gasteiger partial charge on any atom is 0.0346 e. The standard InChI is InChI=1S/C16H23N3S.2ClH/c1-18(10-11-19-8-6-17-7-9-19)12-14-13-20-16-5-3-2-4-15(14)16;;/h2-5,13,17H,6-12H2,1H3;2*1H. The van der Waals surface area contributed by atoms with Gasteiger partial charge < -0.3 is 10.2 Å². The Labute approximate surface area is 149 Å². The van der Waals surface area contributed by atoms with Gasteiger partial charge in [0.15, 0.2) is 0 Å². The predicted octanol–water partition coefficient (Wildman–Crippen LogP) is 3.08. The zero-order valence-corrected chi connectivity index (χ0v) is 15.4. The fourth-order valence-corrected chi connectivity index (χ4v) is 3.73. The smallest absolute Gasteiger partial charge is 0.0346 e. The van der Waals surface area contributed by atoms with Crippen molar-refractivity contribution in [3.05, 3.63) is 35.2 Å². The van der Waals surface area contributed by atoms with Crippen molar-refractivity contribution in [2.75, 3.05) is 46.3 Å². The Morgan fingerprint density at radius 2 is 1.91 bits per heavy atom. The van der Waals surface area contributed by atoms with Crippen LogP contribution in [0.2, 0.25) is 0 Å². The minimum atomic E-state index is 0. The van der Waals surface area contributed by atoms with Crippen molar-refractivity contribution in [2.24, 2.45) is 0 Å². The number of halogens is 2. The van der Waals surface area contributed by atoms with Gasteiger partial charge in [0.1, 0.15) is 0 Å². The summed E-state index contributed by atoms with van der Waals surface area (Å²) in [6, 6.07) is 8.71. The van der Waals surface area contributed by atoms with Gasteiger partial charge in [-0.1, -0.05) is 18.2 Å². The van der Waals surface area contributed by atoms with E-state index in [4.69, 9.17) is 0 Å². The summed E-state index contributed by atoms with van der Waals surface area (Å²) >= 11 is 1.86. The molecule has 0 bridgehead atoms. The van der Waals surface area contributed by atoms with Crippen molar-refractivity contribution < 1.29 is 0 Å². The van der Waals surface area contributed by atoms with Gasteiger partial charge >= 0.3 is 0 Å². The first kappa shape index (κ1) is 19.7. The van der Waals surface area contributed by atoms with Crippen LogP contribution in [0.4, 0.5) is 0 Å². The lowest BCUT2D eigenvalue weighted by Gasteiger charge is -2.29. The van der Waals surface area contributed by atoms with Gasteiger partial charge in [-0.05, 0) is 29.4 Å². The molecule has 3 nitrogen and oxygen atoms in total. The molecule has 1 aromatic heterocycles. The highest BCUT2D eigenvalue weighted by Gasteiger charge is 2.11. The number of nitrogens with one attached hydrogen (secondary N) is 1. The monoisotopic (exact) mass is 361 g/mol. The van der Waals surface area contributed by atoms with Crippen molar-refractivity contribution in [1.82, 2.24) is 15.1 Å². The van der Waals surface area contributed by atoms with Crippen LogP contribution in [0.5, 0.6) is 0 Å². The number of likely N-dealkylation sites (N-methyl/N-ethyl adjacent to an activating group) is 1. The lowest BCUT2D eigenvalue weighted by Crippen LogP contribution is -2.45. The molecule has 2 aromatic rings. The maximum absolute atomic E-state index is 3.40. The summed E-state index contributed by atoms with van der Waals surface area (Å²) in [5, 5.41) is 7.14. The maximum atomic E-state index is 3.40. The van der Waals surface area contributed by atoms with Gasteiger partial charge in [0.25, 0.3) is 0 Å². The Balaban J connectivity index is 0.00000121. The number of piperazine rings is 1. The largest absolute Gasteiger partial charge is 0.314 e. The second-order valence-electron chi connectivity index (χ2n) is 5.59. The third-order valence-electron chi connectivity index (χ3n) is 4.01. The Hall–Kier alpha value is -0.360. The molecule has 0 radical (unpaired) electrons. The van der Waals surface area contributed by atoms with Gasteiger partial charge in [-0.15, -0.1) is 36.2 Å². The topological polar surface area (TPSA) is 18.5 Å². The molecule has 0 atom stereocenters. The molecule has 6 heteroatoms. The number of nitrogens with zero attached hydrogens (tertiary/aromatic N) is 2. The highest BCUT2D eigenvalue weighted by Crippen LogP contribution is 2.26. The fourth-order valence-electron chi connectivity index (χ4n) is 2.77. The van der Waals surface area contributed by atoms with Gasteiger partial charge in [-0.25, -0.2) is 0 Å². The molecule has 2 heterocycles. The highest BCUT2D eigenvalue weighted by molar-refractivity contribution is 7.17. The van der Waals surface area contributed by atoms with E-state index in [1.165, 1.54) is 35.3 Å². The minimum Gasteiger partial charge on any atom is -0.314 e. The van der Waals surface area contributed by atoms with E-state index in [2.05, 4.69) is 51.8 Å². The minimum absolute atomic E-state index is 0. The lowest BCUT2D eigenvalue weighted by molar-refractivity contribution is 0.202. The van der Waals surface area contributed by atoms with Crippen LogP contribution in [0.25, 0.3) is 10.1 Å². The van der Waals surface area contributed by atoms with E-state index in [0.717, 1.165) is 26.2 Å². The molecule has 0 saturated carbocycles. The summed E-state index contributed by atoms with van der Waals surface area (Å²) < 4.78 is 1.40. The van der Waals surface area contributed by atoms with E-state index in [1.54, 1.807) is 0 Å². The predicted molar refractivity (Wildman–Crippen MR) is 102 cm³/mol. The van der Waals surface area contributed by atoms with Crippen LogP contribution in [-0.2, 0) is 6.54 Å². The van der Waals surface area contributed by atoms with Crippen molar-refractivity contribution >= 4 is 46.2 Å². The van der Waals surface area contributed by atoms with Crippen molar-refractivity contribution in [1.29, 1.82) is 0 Å². The van der Waals surface area contributed by atoms with Gasteiger partial charge in [-0.3, -0.25) is 4.90 Å². The van der Waals surface area contributed by atoms with Gasteiger partial charge in [0, 0.05) is 50.5 Å². The summed E-state index contributed by atoms with van der Waals surface area (Å²) in [6.45, 7) is 8.03. The molecule has 22 heavy (non-hydrogen) atoms. The molecule has 0 unspecified atom stereocenters. The van der Waals surface area contributed by atoms with E-state index in [1.807, 2.05) is 11.3 Å². The number of benzene rings is 1. The van der Waals surface area contributed by atoms with E-state index in [-0.39, 0.29) is 24.8 Å². The van der Waals surface area contributed by atoms with Crippen LogP contribution in [0, 0.1) is 0 Å². The van der Waals surface area contributed by atoms with Gasteiger partial charge in [0.2, 0.25) is 0 Å². The first-order valence-electron chi connectivity index (χ1n) is 7.39. The summed E-state index contributed by atoms with van der Waals surface area (Å²) in [5.41, 5.74) is 1.47. The number of fused-ring (bicyclic) bond motifs is 1. The van der Waals surface area contributed by atoms with E-state index < -0.39 is 0 Å². The summed E-state index contributed by atoms with van der Waals surface area (Å²) in [7, 11) is 2.23.